The molecule has 0 bridgehead atoms. The Morgan fingerprint density at radius 1 is 1.30 bits per heavy atom. The quantitative estimate of drug-likeness (QED) is 0.917. The van der Waals surface area contributed by atoms with Crippen LogP contribution in [0.3, 0.4) is 0 Å². The molecular formula is C17H26N2O. The molecule has 1 aromatic rings. The van der Waals surface area contributed by atoms with Crippen molar-refractivity contribution in [2.75, 3.05) is 19.7 Å². The highest BCUT2D eigenvalue weighted by Gasteiger charge is 2.37. The molecule has 0 aliphatic carbocycles. The Hall–Kier alpha value is -0.900. The van der Waals surface area contributed by atoms with Gasteiger partial charge in [-0.2, -0.15) is 0 Å². The third-order valence-corrected chi connectivity index (χ3v) is 4.90. The average molecular weight is 274 g/mol. The highest BCUT2D eigenvalue weighted by molar-refractivity contribution is 5.20. The van der Waals surface area contributed by atoms with Crippen molar-refractivity contribution in [3.8, 4) is 0 Å². The van der Waals surface area contributed by atoms with Crippen LogP contribution in [0.25, 0.3) is 0 Å². The molecule has 2 aliphatic rings. The minimum Gasteiger partial charge on any atom is -0.377 e. The van der Waals surface area contributed by atoms with E-state index in [1.165, 1.54) is 18.4 Å². The largest absolute Gasteiger partial charge is 0.377 e. The minimum absolute atomic E-state index is 0.374. The summed E-state index contributed by atoms with van der Waals surface area (Å²) in [5.41, 5.74) is 1.40. The molecular weight excluding hydrogens is 248 g/mol. The third kappa shape index (κ3) is 2.76. The molecule has 3 rings (SSSR count). The Balaban J connectivity index is 1.75. The molecule has 2 heterocycles. The lowest BCUT2D eigenvalue weighted by molar-refractivity contribution is 0.0297. The molecule has 0 saturated carbocycles. The molecule has 3 heteroatoms. The summed E-state index contributed by atoms with van der Waals surface area (Å²) in [4.78, 5) is 2.70. The predicted molar refractivity (Wildman–Crippen MR) is 81.8 cm³/mol. The number of benzene rings is 1. The van der Waals surface area contributed by atoms with Gasteiger partial charge in [0.2, 0.25) is 0 Å². The molecule has 1 N–H and O–H groups in total. The molecule has 20 heavy (non-hydrogen) atoms. The molecule has 3 nitrogen and oxygen atoms in total. The third-order valence-electron chi connectivity index (χ3n) is 4.90. The molecule has 0 amide bonds. The van der Waals surface area contributed by atoms with E-state index in [4.69, 9.17) is 4.74 Å². The minimum atomic E-state index is 0.374. The van der Waals surface area contributed by atoms with Gasteiger partial charge in [0.25, 0.3) is 0 Å². The van der Waals surface area contributed by atoms with Crippen molar-refractivity contribution in [2.24, 2.45) is 0 Å². The summed E-state index contributed by atoms with van der Waals surface area (Å²) in [5, 5.41) is 3.72. The van der Waals surface area contributed by atoms with Crippen LogP contribution in [0.5, 0.6) is 0 Å². The zero-order chi connectivity index (χ0) is 13.9. The van der Waals surface area contributed by atoms with Gasteiger partial charge in [-0.3, -0.25) is 4.90 Å². The topological polar surface area (TPSA) is 24.5 Å². The fraction of sp³-hybridized carbons (Fsp3) is 0.647. The standard InChI is InChI=1S/C17H26N2O/c1-3-15-11-18-16(14-7-5-4-6-8-14)12-19(15)17-9-10-20-13(17)2/h4-8,13,15-18H,3,9-12H2,1-2H3. The fourth-order valence-corrected chi connectivity index (χ4v) is 3.67. The van der Waals surface area contributed by atoms with E-state index < -0.39 is 0 Å². The Bertz CT molecular complexity index is 422. The number of hydrogen-bond donors (Lipinski definition) is 1. The summed E-state index contributed by atoms with van der Waals surface area (Å²) in [6, 6.07) is 12.5. The number of rotatable bonds is 3. The van der Waals surface area contributed by atoms with Crippen molar-refractivity contribution < 1.29 is 4.74 Å². The molecule has 4 atom stereocenters. The van der Waals surface area contributed by atoms with Gasteiger partial charge in [0.1, 0.15) is 0 Å². The van der Waals surface area contributed by atoms with Crippen molar-refractivity contribution in [1.29, 1.82) is 0 Å². The maximum atomic E-state index is 5.79. The van der Waals surface area contributed by atoms with Crippen LogP contribution in [0.4, 0.5) is 0 Å². The maximum Gasteiger partial charge on any atom is 0.0703 e. The predicted octanol–water partition coefficient (Wildman–Crippen LogP) is 2.59. The zero-order valence-corrected chi connectivity index (χ0v) is 12.6. The van der Waals surface area contributed by atoms with Crippen LogP contribution >= 0.6 is 0 Å². The van der Waals surface area contributed by atoms with E-state index in [-0.39, 0.29) is 0 Å². The lowest BCUT2D eigenvalue weighted by Crippen LogP contribution is -2.57. The van der Waals surface area contributed by atoms with E-state index in [2.05, 4.69) is 54.4 Å². The van der Waals surface area contributed by atoms with Crippen molar-refractivity contribution in [2.45, 2.75) is 50.9 Å². The van der Waals surface area contributed by atoms with Crippen molar-refractivity contribution in [1.82, 2.24) is 10.2 Å². The first-order chi connectivity index (χ1) is 9.79. The molecule has 1 aromatic carbocycles. The summed E-state index contributed by atoms with van der Waals surface area (Å²) in [7, 11) is 0. The van der Waals surface area contributed by atoms with E-state index in [0.717, 1.165) is 19.7 Å². The normalized spacial score (nSPS) is 35.3. The van der Waals surface area contributed by atoms with E-state index >= 15 is 0 Å². The average Bonchev–Trinajstić information content (AvgIpc) is 2.93. The Kier molecular flexibility index (Phi) is 4.39. The van der Waals surface area contributed by atoms with Gasteiger partial charge in [-0.1, -0.05) is 37.3 Å². The van der Waals surface area contributed by atoms with Crippen LogP contribution in [0, 0.1) is 0 Å². The van der Waals surface area contributed by atoms with Crippen LogP contribution in [-0.2, 0) is 4.74 Å². The summed E-state index contributed by atoms with van der Waals surface area (Å²) in [6.07, 6.45) is 2.76. The van der Waals surface area contributed by atoms with E-state index in [9.17, 15) is 0 Å². The molecule has 4 unspecified atom stereocenters. The zero-order valence-electron chi connectivity index (χ0n) is 12.6. The van der Waals surface area contributed by atoms with Crippen LogP contribution in [0.15, 0.2) is 30.3 Å². The van der Waals surface area contributed by atoms with Gasteiger partial charge >= 0.3 is 0 Å². The Morgan fingerprint density at radius 3 is 2.75 bits per heavy atom. The number of nitrogens with one attached hydrogen (secondary N) is 1. The first-order valence-corrected chi connectivity index (χ1v) is 7.95. The van der Waals surface area contributed by atoms with Crippen LogP contribution in [0.1, 0.15) is 38.3 Å². The van der Waals surface area contributed by atoms with Gasteiger partial charge < -0.3 is 10.1 Å². The molecule has 2 fully saturated rings. The molecule has 0 spiro atoms. The second kappa shape index (κ2) is 6.25. The first-order valence-electron chi connectivity index (χ1n) is 7.95. The first kappa shape index (κ1) is 14.1. The lowest BCUT2D eigenvalue weighted by Gasteiger charge is -2.44. The summed E-state index contributed by atoms with van der Waals surface area (Å²) in [5.74, 6) is 0. The SMILES string of the molecule is CCC1CNC(c2ccccc2)CN1C1CCOC1C. The number of hydrogen-bond acceptors (Lipinski definition) is 3. The highest BCUT2D eigenvalue weighted by atomic mass is 16.5. The van der Waals surface area contributed by atoms with Gasteiger partial charge in [0.15, 0.2) is 0 Å². The van der Waals surface area contributed by atoms with E-state index in [1.54, 1.807) is 0 Å². The van der Waals surface area contributed by atoms with Crippen LogP contribution in [0.2, 0.25) is 0 Å². The van der Waals surface area contributed by atoms with Crippen molar-refractivity contribution in [3.05, 3.63) is 35.9 Å². The van der Waals surface area contributed by atoms with Gasteiger partial charge in [-0.05, 0) is 25.3 Å². The Morgan fingerprint density at radius 2 is 2.10 bits per heavy atom. The van der Waals surface area contributed by atoms with E-state index in [1.807, 2.05) is 0 Å². The van der Waals surface area contributed by atoms with Crippen molar-refractivity contribution in [3.63, 3.8) is 0 Å². The molecule has 0 aromatic heterocycles. The smallest absolute Gasteiger partial charge is 0.0703 e. The number of ether oxygens (including phenoxy) is 1. The highest BCUT2D eigenvalue weighted by Crippen LogP contribution is 2.28. The van der Waals surface area contributed by atoms with Crippen LogP contribution in [-0.4, -0.2) is 42.8 Å². The second-order valence-electron chi connectivity index (χ2n) is 6.06. The summed E-state index contributed by atoms with van der Waals surface area (Å²) < 4.78 is 5.79. The summed E-state index contributed by atoms with van der Waals surface area (Å²) in [6.45, 7) is 7.62. The number of piperazine rings is 1. The molecule has 2 aliphatic heterocycles. The van der Waals surface area contributed by atoms with Gasteiger partial charge in [0, 0.05) is 37.8 Å². The molecule has 0 radical (unpaired) electrons. The van der Waals surface area contributed by atoms with Crippen LogP contribution < -0.4 is 5.32 Å². The lowest BCUT2D eigenvalue weighted by atomic mass is 9.97. The molecule has 110 valence electrons. The second-order valence-corrected chi connectivity index (χ2v) is 6.06. The van der Waals surface area contributed by atoms with Crippen molar-refractivity contribution >= 4 is 0 Å². The van der Waals surface area contributed by atoms with E-state index in [0.29, 0.717) is 24.2 Å². The maximum absolute atomic E-state index is 5.79. The Labute approximate surface area is 122 Å². The monoisotopic (exact) mass is 274 g/mol. The number of nitrogens with zero attached hydrogens (tertiary/aromatic N) is 1. The van der Waals surface area contributed by atoms with Gasteiger partial charge in [-0.25, -0.2) is 0 Å². The van der Waals surface area contributed by atoms with Gasteiger partial charge in [0.05, 0.1) is 6.10 Å². The molecule has 2 saturated heterocycles. The summed E-state index contributed by atoms with van der Waals surface area (Å²) >= 11 is 0. The van der Waals surface area contributed by atoms with Gasteiger partial charge in [-0.15, -0.1) is 0 Å². The fourth-order valence-electron chi connectivity index (χ4n) is 3.67.